The van der Waals surface area contributed by atoms with Crippen molar-refractivity contribution < 1.29 is 19.9 Å². The third-order valence-electron chi connectivity index (χ3n) is 3.58. The molecule has 0 aromatic heterocycles. The Balaban J connectivity index is 2.28. The van der Waals surface area contributed by atoms with Crippen LogP contribution in [0.1, 0.15) is 23.2 Å². The minimum Gasteiger partial charge on any atom is -0.477 e. The molecule has 0 saturated heterocycles. The first-order chi connectivity index (χ1) is 9.40. The summed E-state index contributed by atoms with van der Waals surface area (Å²) in [6.07, 6.45) is 1.07. The summed E-state index contributed by atoms with van der Waals surface area (Å²) in [5.74, 6) is -1.03. The van der Waals surface area contributed by atoms with Crippen molar-refractivity contribution in [3.63, 3.8) is 0 Å². The Morgan fingerprint density at radius 2 is 2.15 bits per heavy atom. The minimum atomic E-state index is -1.31. The van der Waals surface area contributed by atoms with Gasteiger partial charge in [0.1, 0.15) is 11.3 Å². The second kappa shape index (κ2) is 5.46. The lowest BCUT2D eigenvalue weighted by Gasteiger charge is -2.35. The molecule has 1 aromatic rings. The topological polar surface area (TPSA) is 104 Å². The van der Waals surface area contributed by atoms with Gasteiger partial charge in [0.2, 0.25) is 0 Å². The lowest BCUT2D eigenvalue weighted by Crippen LogP contribution is -2.37. The van der Waals surface area contributed by atoms with Gasteiger partial charge >= 0.3 is 11.7 Å². The van der Waals surface area contributed by atoms with Crippen LogP contribution in [0.4, 0.5) is 11.4 Å². The van der Waals surface area contributed by atoms with Crippen molar-refractivity contribution in [3.05, 3.63) is 33.9 Å². The van der Waals surface area contributed by atoms with Crippen LogP contribution in [0.25, 0.3) is 0 Å². The number of carboxylic acid groups (broad SMARTS) is 1. The van der Waals surface area contributed by atoms with Crippen molar-refractivity contribution >= 4 is 17.3 Å². The second-order valence-electron chi connectivity index (χ2n) is 5.11. The average Bonchev–Trinajstić information content (AvgIpc) is 2.35. The van der Waals surface area contributed by atoms with Gasteiger partial charge in [-0.05, 0) is 30.9 Å². The summed E-state index contributed by atoms with van der Waals surface area (Å²) < 4.78 is 0. The molecule has 0 amide bonds. The first-order valence-electron chi connectivity index (χ1n) is 6.30. The number of aliphatic hydroxyl groups is 1. The summed E-state index contributed by atoms with van der Waals surface area (Å²) in [5.41, 5.74) is -0.411. The third kappa shape index (κ3) is 2.72. The summed E-state index contributed by atoms with van der Waals surface area (Å²) in [6.45, 7) is 0.557. The number of carboxylic acids is 1. The molecule has 7 nitrogen and oxygen atoms in total. The molecule has 1 aliphatic rings. The van der Waals surface area contributed by atoms with Crippen LogP contribution in [0.5, 0.6) is 0 Å². The Bertz CT molecular complexity index is 540. The van der Waals surface area contributed by atoms with Crippen molar-refractivity contribution in [2.24, 2.45) is 5.92 Å². The summed E-state index contributed by atoms with van der Waals surface area (Å²) in [5, 5.41) is 29.4. The lowest BCUT2D eigenvalue weighted by molar-refractivity contribution is -0.384. The fraction of sp³-hybridized carbons (Fsp3) is 0.462. The Kier molecular flexibility index (Phi) is 3.89. The highest BCUT2D eigenvalue weighted by atomic mass is 16.6. The lowest BCUT2D eigenvalue weighted by atomic mass is 9.82. The van der Waals surface area contributed by atoms with Gasteiger partial charge in [-0.2, -0.15) is 0 Å². The molecule has 0 unspecified atom stereocenters. The van der Waals surface area contributed by atoms with E-state index in [0.29, 0.717) is 19.4 Å². The minimum absolute atomic E-state index is 0.281. The number of carbonyl (C=O) groups is 1. The first-order valence-corrected chi connectivity index (χ1v) is 6.30. The molecular formula is C13H16N2O5. The van der Waals surface area contributed by atoms with E-state index < -0.39 is 10.9 Å². The number of hydrogen-bond acceptors (Lipinski definition) is 5. The molecule has 1 aliphatic carbocycles. The number of rotatable bonds is 5. The number of hydrogen-bond donors (Lipinski definition) is 2. The molecule has 1 fully saturated rings. The quantitative estimate of drug-likeness (QED) is 0.625. The molecule has 1 saturated carbocycles. The van der Waals surface area contributed by atoms with Crippen molar-refractivity contribution in [1.82, 2.24) is 0 Å². The Morgan fingerprint density at radius 3 is 2.65 bits per heavy atom. The van der Waals surface area contributed by atoms with Crippen LogP contribution >= 0.6 is 0 Å². The highest BCUT2D eigenvalue weighted by Crippen LogP contribution is 2.34. The molecule has 0 atom stereocenters. The highest BCUT2D eigenvalue weighted by molar-refractivity contribution is 5.95. The van der Waals surface area contributed by atoms with E-state index in [1.807, 2.05) is 0 Å². The third-order valence-corrected chi connectivity index (χ3v) is 3.58. The van der Waals surface area contributed by atoms with Gasteiger partial charge in [-0.1, -0.05) is 6.07 Å². The standard InChI is InChI=1S/C13H16N2O5/c1-14(7-8-5-9(16)6-8)11-4-2-3-10(13(17)18)12(11)15(19)20/h2-4,8-9,16H,5-7H2,1H3,(H,17,18). The van der Waals surface area contributed by atoms with Crippen molar-refractivity contribution in [1.29, 1.82) is 0 Å². The van der Waals surface area contributed by atoms with E-state index in [0.717, 1.165) is 0 Å². The van der Waals surface area contributed by atoms with Crippen LogP contribution in [0.2, 0.25) is 0 Å². The van der Waals surface area contributed by atoms with Gasteiger partial charge in [0.15, 0.2) is 0 Å². The zero-order chi connectivity index (χ0) is 14.9. The van der Waals surface area contributed by atoms with Gasteiger partial charge in [0.25, 0.3) is 0 Å². The second-order valence-corrected chi connectivity index (χ2v) is 5.11. The van der Waals surface area contributed by atoms with E-state index in [2.05, 4.69) is 0 Å². The van der Waals surface area contributed by atoms with Gasteiger partial charge in [-0.15, -0.1) is 0 Å². The van der Waals surface area contributed by atoms with Crippen LogP contribution in [-0.4, -0.2) is 40.8 Å². The van der Waals surface area contributed by atoms with Crippen molar-refractivity contribution in [2.45, 2.75) is 18.9 Å². The Labute approximate surface area is 115 Å². The number of aromatic carboxylic acids is 1. The average molecular weight is 280 g/mol. The van der Waals surface area contributed by atoms with Crippen LogP contribution in [0.15, 0.2) is 18.2 Å². The molecule has 2 rings (SSSR count). The van der Waals surface area contributed by atoms with Crippen molar-refractivity contribution in [3.8, 4) is 0 Å². The molecule has 2 N–H and O–H groups in total. The predicted molar refractivity (Wildman–Crippen MR) is 72.1 cm³/mol. The van der Waals surface area contributed by atoms with Crippen LogP contribution < -0.4 is 4.90 Å². The van der Waals surface area contributed by atoms with Gasteiger partial charge in [0, 0.05) is 13.6 Å². The highest BCUT2D eigenvalue weighted by Gasteiger charge is 2.31. The zero-order valence-corrected chi connectivity index (χ0v) is 11.0. The first kappa shape index (κ1) is 14.3. The fourth-order valence-corrected chi connectivity index (χ4v) is 2.54. The number of aliphatic hydroxyl groups excluding tert-OH is 1. The smallest absolute Gasteiger partial charge is 0.342 e. The molecule has 20 heavy (non-hydrogen) atoms. The van der Waals surface area contributed by atoms with E-state index in [9.17, 15) is 20.0 Å². The summed E-state index contributed by atoms with van der Waals surface area (Å²) >= 11 is 0. The predicted octanol–water partition coefficient (Wildman–Crippen LogP) is 1.50. The molecule has 0 bridgehead atoms. The van der Waals surface area contributed by atoms with E-state index in [1.54, 1.807) is 18.0 Å². The van der Waals surface area contributed by atoms with Crippen molar-refractivity contribution in [2.75, 3.05) is 18.5 Å². The van der Waals surface area contributed by atoms with Gasteiger partial charge < -0.3 is 15.1 Å². The van der Waals surface area contributed by atoms with Crippen LogP contribution in [-0.2, 0) is 0 Å². The fourth-order valence-electron chi connectivity index (χ4n) is 2.54. The molecule has 0 aliphatic heterocycles. The zero-order valence-electron chi connectivity index (χ0n) is 11.0. The van der Waals surface area contributed by atoms with Crippen LogP contribution in [0.3, 0.4) is 0 Å². The SMILES string of the molecule is CN(CC1CC(O)C1)c1cccc(C(=O)O)c1[N+](=O)[O-]. The number of benzene rings is 1. The molecule has 0 spiro atoms. The monoisotopic (exact) mass is 280 g/mol. The Morgan fingerprint density at radius 1 is 1.50 bits per heavy atom. The van der Waals surface area contributed by atoms with Gasteiger partial charge in [-0.3, -0.25) is 10.1 Å². The molecule has 7 heteroatoms. The molecule has 1 aromatic carbocycles. The Hall–Kier alpha value is -2.15. The summed E-state index contributed by atoms with van der Waals surface area (Å²) in [4.78, 5) is 23.2. The maximum Gasteiger partial charge on any atom is 0.342 e. The van der Waals surface area contributed by atoms with E-state index in [4.69, 9.17) is 5.11 Å². The number of nitrogens with zero attached hydrogens (tertiary/aromatic N) is 2. The number of nitro groups is 1. The number of para-hydroxylation sites is 1. The maximum absolute atomic E-state index is 11.1. The van der Waals surface area contributed by atoms with Crippen LogP contribution in [0, 0.1) is 16.0 Å². The largest absolute Gasteiger partial charge is 0.477 e. The number of nitro benzene ring substituents is 1. The summed E-state index contributed by atoms with van der Waals surface area (Å²) in [7, 11) is 1.69. The molecule has 0 radical (unpaired) electrons. The normalized spacial score (nSPS) is 21.1. The molecular weight excluding hydrogens is 264 g/mol. The van der Waals surface area contributed by atoms with E-state index in [1.165, 1.54) is 12.1 Å². The molecule has 0 heterocycles. The molecule has 108 valence electrons. The van der Waals surface area contributed by atoms with E-state index >= 15 is 0 Å². The maximum atomic E-state index is 11.1. The van der Waals surface area contributed by atoms with Gasteiger partial charge in [-0.25, -0.2) is 4.79 Å². The van der Waals surface area contributed by atoms with Gasteiger partial charge in [0.05, 0.1) is 11.0 Å². The number of anilines is 1. The summed E-state index contributed by atoms with van der Waals surface area (Å²) in [6, 6.07) is 4.27. The van der Waals surface area contributed by atoms with E-state index in [-0.39, 0.29) is 29.0 Å².